The lowest BCUT2D eigenvalue weighted by atomic mass is 9.98. The smallest absolute Gasteiger partial charge is 0.411 e. The van der Waals surface area contributed by atoms with Crippen LogP contribution in [0.1, 0.15) is 22.6 Å². The van der Waals surface area contributed by atoms with E-state index in [1.165, 1.54) is 0 Å². The zero-order valence-corrected chi connectivity index (χ0v) is 16.1. The number of rotatable bonds is 5. The van der Waals surface area contributed by atoms with Crippen molar-refractivity contribution in [3.63, 3.8) is 0 Å². The van der Waals surface area contributed by atoms with Gasteiger partial charge >= 0.3 is 12.1 Å². The van der Waals surface area contributed by atoms with Gasteiger partial charge in [0.05, 0.1) is 17.1 Å². The minimum Gasteiger partial charge on any atom is -0.481 e. The number of carboxylic acids is 1. The third-order valence-corrected chi connectivity index (χ3v) is 5.45. The van der Waals surface area contributed by atoms with E-state index in [1.54, 1.807) is 18.2 Å². The average Bonchev–Trinajstić information content (AvgIpc) is 3.03. The van der Waals surface area contributed by atoms with Crippen LogP contribution in [0.25, 0.3) is 11.1 Å². The number of aliphatic carboxylic acids is 1. The first-order chi connectivity index (χ1) is 14.0. The molecule has 146 valence electrons. The molecule has 1 amide bonds. The highest BCUT2D eigenvalue weighted by Crippen LogP contribution is 2.44. The summed E-state index contributed by atoms with van der Waals surface area (Å²) in [7, 11) is 0. The Kier molecular flexibility index (Phi) is 5.23. The second kappa shape index (κ2) is 7.97. The maximum absolute atomic E-state index is 12.4. The Labute approximate surface area is 172 Å². The lowest BCUT2D eigenvalue weighted by Crippen LogP contribution is -2.18. The average molecular weight is 408 g/mol. The molecule has 3 aromatic rings. The molecule has 4 rings (SSSR count). The third-order valence-electron chi connectivity index (χ3n) is 5.00. The van der Waals surface area contributed by atoms with Crippen molar-refractivity contribution in [1.29, 1.82) is 0 Å². The van der Waals surface area contributed by atoms with Gasteiger partial charge in [-0.15, -0.1) is 0 Å². The highest BCUT2D eigenvalue weighted by atomic mass is 35.5. The summed E-state index contributed by atoms with van der Waals surface area (Å²) < 4.78 is 5.49. The summed E-state index contributed by atoms with van der Waals surface area (Å²) in [6.45, 7) is 0.187. The van der Waals surface area contributed by atoms with Crippen molar-refractivity contribution >= 4 is 29.4 Å². The van der Waals surface area contributed by atoms with Crippen LogP contribution in [0.3, 0.4) is 0 Å². The summed E-state index contributed by atoms with van der Waals surface area (Å²) in [6, 6.07) is 21.1. The Morgan fingerprint density at radius 2 is 1.55 bits per heavy atom. The number of hydrogen-bond acceptors (Lipinski definition) is 3. The number of halogens is 1. The number of ether oxygens (including phenoxy) is 1. The molecule has 0 radical (unpaired) electrons. The number of anilines is 1. The van der Waals surface area contributed by atoms with E-state index in [1.807, 2.05) is 36.4 Å². The normalized spacial score (nSPS) is 12.2. The van der Waals surface area contributed by atoms with Crippen LogP contribution < -0.4 is 5.32 Å². The van der Waals surface area contributed by atoms with Crippen LogP contribution in [0.4, 0.5) is 10.5 Å². The van der Waals surface area contributed by atoms with Gasteiger partial charge in [-0.1, -0.05) is 72.3 Å². The molecule has 0 spiro atoms. The maximum atomic E-state index is 12.4. The van der Waals surface area contributed by atoms with Crippen LogP contribution >= 0.6 is 11.6 Å². The largest absolute Gasteiger partial charge is 0.481 e. The second-order valence-electron chi connectivity index (χ2n) is 6.80. The first-order valence-electron chi connectivity index (χ1n) is 9.16. The van der Waals surface area contributed by atoms with E-state index < -0.39 is 12.1 Å². The number of benzene rings is 3. The molecule has 1 aliphatic rings. The fourth-order valence-corrected chi connectivity index (χ4v) is 3.96. The van der Waals surface area contributed by atoms with Crippen LogP contribution in [0, 0.1) is 0 Å². The van der Waals surface area contributed by atoms with E-state index in [2.05, 4.69) is 17.4 Å². The summed E-state index contributed by atoms with van der Waals surface area (Å²) in [5.41, 5.74) is 5.31. The van der Waals surface area contributed by atoms with Gasteiger partial charge in [0.1, 0.15) is 6.61 Å². The highest BCUT2D eigenvalue weighted by molar-refractivity contribution is 6.34. The van der Waals surface area contributed by atoms with E-state index in [4.69, 9.17) is 21.4 Å². The maximum Gasteiger partial charge on any atom is 0.411 e. The molecular formula is C23H18ClNO4. The zero-order chi connectivity index (χ0) is 20.4. The van der Waals surface area contributed by atoms with E-state index >= 15 is 0 Å². The minimum absolute atomic E-state index is 0.0398. The lowest BCUT2D eigenvalue weighted by Gasteiger charge is -2.15. The van der Waals surface area contributed by atoms with Crippen LogP contribution in [0.2, 0.25) is 5.02 Å². The van der Waals surface area contributed by atoms with Crippen molar-refractivity contribution in [3.05, 3.63) is 88.4 Å². The summed E-state index contributed by atoms with van der Waals surface area (Å²) in [4.78, 5) is 23.3. The molecular weight excluding hydrogens is 390 g/mol. The summed E-state index contributed by atoms with van der Waals surface area (Å²) in [6.07, 6.45) is -0.861. The summed E-state index contributed by atoms with van der Waals surface area (Å²) >= 11 is 6.22. The molecule has 5 nitrogen and oxygen atoms in total. The number of nitrogens with one attached hydrogen (secondary N) is 1. The molecule has 0 aromatic heterocycles. The third kappa shape index (κ3) is 3.82. The molecule has 6 heteroatoms. The lowest BCUT2D eigenvalue weighted by molar-refractivity contribution is -0.136. The molecule has 0 saturated carbocycles. The second-order valence-corrected chi connectivity index (χ2v) is 7.18. The van der Waals surface area contributed by atoms with Gasteiger partial charge in [-0.05, 0) is 33.9 Å². The van der Waals surface area contributed by atoms with Gasteiger partial charge in [-0.3, -0.25) is 10.1 Å². The molecule has 0 aliphatic heterocycles. The molecule has 1 aliphatic carbocycles. The molecule has 29 heavy (non-hydrogen) atoms. The fourth-order valence-electron chi connectivity index (χ4n) is 3.72. The standard InChI is InChI=1S/C23H18ClNO4/c24-22-14(12-21(26)27)6-5-11-20(22)25-23(28)29-13-19-17-9-3-1-7-15(17)16-8-2-4-10-18(16)19/h1-11,19H,12-13H2,(H,25,28)(H,26,27). The molecule has 0 atom stereocenters. The zero-order valence-electron chi connectivity index (χ0n) is 15.4. The van der Waals surface area contributed by atoms with Gasteiger partial charge in [0.15, 0.2) is 0 Å². The number of fused-ring (bicyclic) bond motifs is 3. The van der Waals surface area contributed by atoms with Gasteiger partial charge < -0.3 is 9.84 Å². The quantitative estimate of drug-likeness (QED) is 0.599. The summed E-state index contributed by atoms with van der Waals surface area (Å²) in [5.74, 6) is -1.04. The number of carbonyl (C=O) groups excluding carboxylic acids is 1. The van der Waals surface area contributed by atoms with Crippen molar-refractivity contribution in [1.82, 2.24) is 0 Å². The van der Waals surface area contributed by atoms with Gasteiger partial charge in [-0.25, -0.2) is 4.79 Å². The Bertz CT molecular complexity index is 1050. The highest BCUT2D eigenvalue weighted by Gasteiger charge is 2.29. The van der Waals surface area contributed by atoms with Crippen LogP contribution in [0.15, 0.2) is 66.7 Å². The van der Waals surface area contributed by atoms with Crippen LogP contribution in [-0.2, 0) is 16.0 Å². The fraction of sp³-hybridized carbons (Fsp3) is 0.130. The Balaban J connectivity index is 1.48. The van der Waals surface area contributed by atoms with Crippen molar-refractivity contribution < 1.29 is 19.4 Å². The number of carbonyl (C=O) groups is 2. The first kappa shape index (κ1) is 19.0. The van der Waals surface area contributed by atoms with Crippen molar-refractivity contribution in [2.75, 3.05) is 11.9 Å². The van der Waals surface area contributed by atoms with E-state index in [0.717, 1.165) is 22.3 Å². The van der Waals surface area contributed by atoms with Gasteiger partial charge in [0.25, 0.3) is 0 Å². The minimum atomic E-state index is -0.995. The number of hydrogen-bond donors (Lipinski definition) is 2. The van der Waals surface area contributed by atoms with Crippen molar-refractivity contribution in [2.24, 2.45) is 0 Å². The number of amides is 1. The Morgan fingerprint density at radius 1 is 0.931 bits per heavy atom. The van der Waals surface area contributed by atoms with Gasteiger partial charge in [-0.2, -0.15) is 0 Å². The topological polar surface area (TPSA) is 75.6 Å². The van der Waals surface area contributed by atoms with Gasteiger partial charge in [0, 0.05) is 5.92 Å². The predicted octanol–water partition coefficient (Wildman–Crippen LogP) is 5.33. The van der Waals surface area contributed by atoms with Crippen LogP contribution in [0.5, 0.6) is 0 Å². The first-order valence-corrected chi connectivity index (χ1v) is 9.53. The van der Waals surface area contributed by atoms with E-state index in [0.29, 0.717) is 11.3 Å². The predicted molar refractivity (Wildman–Crippen MR) is 111 cm³/mol. The number of carboxylic acid groups (broad SMARTS) is 1. The van der Waals surface area contributed by atoms with Crippen molar-refractivity contribution in [3.8, 4) is 11.1 Å². The molecule has 0 heterocycles. The van der Waals surface area contributed by atoms with Crippen molar-refractivity contribution in [2.45, 2.75) is 12.3 Å². The molecule has 3 aromatic carbocycles. The molecule has 0 bridgehead atoms. The molecule has 2 N–H and O–H groups in total. The molecule has 0 fully saturated rings. The Morgan fingerprint density at radius 3 is 2.17 bits per heavy atom. The summed E-state index contributed by atoms with van der Waals surface area (Å²) in [5, 5.41) is 11.8. The SMILES string of the molecule is O=C(O)Cc1cccc(NC(=O)OCC2c3ccccc3-c3ccccc32)c1Cl. The Hall–Kier alpha value is -3.31. The van der Waals surface area contributed by atoms with Gasteiger partial charge in [0.2, 0.25) is 0 Å². The monoisotopic (exact) mass is 407 g/mol. The molecule has 0 unspecified atom stereocenters. The van der Waals surface area contributed by atoms with E-state index in [9.17, 15) is 9.59 Å². The van der Waals surface area contributed by atoms with E-state index in [-0.39, 0.29) is 24.0 Å². The molecule has 0 saturated heterocycles. The van der Waals surface area contributed by atoms with Crippen LogP contribution in [-0.4, -0.2) is 23.8 Å².